The van der Waals surface area contributed by atoms with Crippen molar-refractivity contribution in [3.63, 3.8) is 0 Å². The summed E-state index contributed by atoms with van der Waals surface area (Å²) in [5.74, 6) is -0.229. The molecule has 2 atom stereocenters. The second-order valence-corrected chi connectivity index (χ2v) is 7.06. The van der Waals surface area contributed by atoms with Crippen LogP contribution < -0.4 is 0 Å². The molecular formula is C17H29NO5. The third-order valence-electron chi connectivity index (χ3n) is 4.76. The first-order chi connectivity index (χ1) is 10.7. The van der Waals surface area contributed by atoms with Gasteiger partial charge in [0.05, 0.1) is 18.8 Å². The van der Waals surface area contributed by atoms with E-state index in [4.69, 9.17) is 0 Å². The zero-order valence-corrected chi connectivity index (χ0v) is 14.5. The monoisotopic (exact) mass is 327 g/mol. The van der Waals surface area contributed by atoms with Crippen molar-refractivity contribution in [2.45, 2.75) is 64.5 Å². The number of nitrogens with zero attached hydrogens (tertiary/aromatic N) is 1. The van der Waals surface area contributed by atoms with Gasteiger partial charge in [0, 0.05) is 13.0 Å². The Morgan fingerprint density at radius 2 is 2.00 bits per heavy atom. The summed E-state index contributed by atoms with van der Waals surface area (Å²) in [6, 6.07) is 0. The molecule has 1 unspecified atom stereocenters. The summed E-state index contributed by atoms with van der Waals surface area (Å²) < 4.78 is 4.59. The van der Waals surface area contributed by atoms with Crippen LogP contribution in [0, 0.1) is 5.41 Å². The number of likely N-dealkylation sites (tertiary alicyclic amines) is 1. The molecule has 6 nitrogen and oxygen atoms in total. The number of allylic oxidation sites excluding steroid dienone is 1. The van der Waals surface area contributed by atoms with Crippen LogP contribution in [0.15, 0.2) is 12.2 Å². The fourth-order valence-electron chi connectivity index (χ4n) is 3.44. The highest BCUT2D eigenvalue weighted by Crippen LogP contribution is 2.46. The second kappa shape index (κ2) is 7.81. The summed E-state index contributed by atoms with van der Waals surface area (Å²) in [4.78, 5) is 24.0. The summed E-state index contributed by atoms with van der Waals surface area (Å²) in [6.07, 6.45) is 4.90. The Labute approximate surface area is 138 Å². The summed E-state index contributed by atoms with van der Waals surface area (Å²) >= 11 is 0. The maximum absolute atomic E-state index is 11.6. The molecule has 0 aromatic carbocycles. The van der Waals surface area contributed by atoms with Gasteiger partial charge < -0.3 is 14.9 Å². The Hall–Kier alpha value is -1.56. The number of carbonyl (C=O) groups excluding carboxylic acids is 1. The van der Waals surface area contributed by atoms with Crippen molar-refractivity contribution >= 4 is 12.1 Å². The molecule has 1 aliphatic heterocycles. The molecule has 1 rings (SSSR count). The van der Waals surface area contributed by atoms with Gasteiger partial charge in [0.2, 0.25) is 0 Å². The van der Waals surface area contributed by atoms with Gasteiger partial charge in [-0.15, -0.1) is 0 Å². The number of unbranched alkanes of at least 4 members (excludes halogenated alkanes) is 1. The molecule has 1 aliphatic rings. The largest absolute Gasteiger partial charge is 0.469 e. The van der Waals surface area contributed by atoms with Gasteiger partial charge in [0.15, 0.2) is 0 Å². The number of hydrogen-bond donors (Lipinski definition) is 2. The maximum Gasteiger partial charge on any atom is 0.407 e. The number of hydrogen-bond acceptors (Lipinski definition) is 4. The molecule has 1 amide bonds. The van der Waals surface area contributed by atoms with Gasteiger partial charge in [-0.1, -0.05) is 32.9 Å². The van der Waals surface area contributed by atoms with Crippen LogP contribution in [0.3, 0.4) is 0 Å². The molecule has 1 heterocycles. The van der Waals surface area contributed by atoms with Crippen molar-refractivity contribution < 1.29 is 24.5 Å². The highest BCUT2D eigenvalue weighted by molar-refractivity contribution is 5.69. The molecule has 0 aromatic rings. The van der Waals surface area contributed by atoms with E-state index >= 15 is 0 Å². The molecule has 2 N–H and O–H groups in total. The Balaban J connectivity index is 2.77. The van der Waals surface area contributed by atoms with E-state index in [-0.39, 0.29) is 5.97 Å². The number of esters is 1. The Morgan fingerprint density at radius 3 is 2.52 bits per heavy atom. The van der Waals surface area contributed by atoms with Crippen LogP contribution in [0.5, 0.6) is 0 Å². The van der Waals surface area contributed by atoms with Crippen molar-refractivity contribution in [1.29, 1.82) is 0 Å². The van der Waals surface area contributed by atoms with Gasteiger partial charge in [-0.25, -0.2) is 4.79 Å². The third kappa shape index (κ3) is 4.25. The van der Waals surface area contributed by atoms with Crippen LogP contribution in [-0.4, -0.2) is 52.5 Å². The van der Waals surface area contributed by atoms with Gasteiger partial charge in [0.25, 0.3) is 0 Å². The molecule has 0 aliphatic carbocycles. The van der Waals surface area contributed by atoms with Crippen molar-refractivity contribution in [2.24, 2.45) is 5.41 Å². The van der Waals surface area contributed by atoms with Crippen molar-refractivity contribution in [3.8, 4) is 0 Å². The van der Waals surface area contributed by atoms with Crippen LogP contribution in [-0.2, 0) is 9.53 Å². The average Bonchev–Trinajstić information content (AvgIpc) is 2.80. The lowest BCUT2D eigenvalue weighted by atomic mass is 9.68. The standard InChI is InChI=1S/C17H29NO5/c1-16(2,3)17(13(19)10-12-18(17)15(21)22)11-8-6-5-7-9-14(20)23-4/h6,8,13,19H,5,7,9-12H2,1-4H3,(H,21,22)/t13?,17-/m0/s1. The fraction of sp³-hybridized carbons (Fsp3) is 0.765. The van der Waals surface area contributed by atoms with E-state index in [9.17, 15) is 19.8 Å². The van der Waals surface area contributed by atoms with E-state index in [0.29, 0.717) is 32.2 Å². The third-order valence-corrected chi connectivity index (χ3v) is 4.76. The summed E-state index contributed by atoms with van der Waals surface area (Å²) in [7, 11) is 1.37. The number of amides is 1. The van der Waals surface area contributed by atoms with E-state index in [0.717, 1.165) is 6.42 Å². The zero-order valence-electron chi connectivity index (χ0n) is 14.5. The Morgan fingerprint density at radius 1 is 1.35 bits per heavy atom. The summed E-state index contributed by atoms with van der Waals surface area (Å²) in [6.45, 7) is 6.23. The topological polar surface area (TPSA) is 87.1 Å². The molecule has 1 fully saturated rings. The minimum absolute atomic E-state index is 0.229. The molecule has 23 heavy (non-hydrogen) atoms. The number of aliphatic hydroxyl groups excluding tert-OH is 1. The molecule has 0 saturated carbocycles. The lowest BCUT2D eigenvalue weighted by Crippen LogP contribution is -2.60. The summed E-state index contributed by atoms with van der Waals surface area (Å²) in [5.41, 5.74) is -1.21. The normalized spacial score (nSPS) is 25.1. The molecule has 0 aromatic heterocycles. The lowest BCUT2D eigenvalue weighted by Gasteiger charge is -2.48. The number of aliphatic hydroxyl groups is 1. The molecule has 0 radical (unpaired) electrons. The van der Waals surface area contributed by atoms with E-state index in [2.05, 4.69) is 4.74 Å². The molecule has 1 saturated heterocycles. The predicted molar refractivity (Wildman–Crippen MR) is 87.2 cm³/mol. The first-order valence-electron chi connectivity index (χ1n) is 8.07. The quantitative estimate of drug-likeness (QED) is 0.445. The van der Waals surface area contributed by atoms with Crippen molar-refractivity contribution in [1.82, 2.24) is 4.90 Å². The van der Waals surface area contributed by atoms with Gasteiger partial charge in [-0.05, 0) is 31.1 Å². The van der Waals surface area contributed by atoms with E-state index in [1.807, 2.05) is 32.9 Å². The van der Waals surface area contributed by atoms with Crippen LogP contribution >= 0.6 is 0 Å². The van der Waals surface area contributed by atoms with E-state index < -0.39 is 23.2 Å². The first-order valence-corrected chi connectivity index (χ1v) is 8.07. The SMILES string of the molecule is COC(=O)CCCC=CC[C@@]1(C(C)(C)C)C(O)CCN1C(=O)O. The van der Waals surface area contributed by atoms with Gasteiger partial charge in [0.1, 0.15) is 0 Å². The molecule has 6 heteroatoms. The van der Waals surface area contributed by atoms with E-state index in [1.54, 1.807) is 0 Å². The molecule has 132 valence electrons. The fourth-order valence-corrected chi connectivity index (χ4v) is 3.44. The van der Waals surface area contributed by atoms with Gasteiger partial charge in [-0.2, -0.15) is 0 Å². The summed E-state index contributed by atoms with van der Waals surface area (Å²) in [5, 5.41) is 20.0. The smallest absolute Gasteiger partial charge is 0.407 e. The van der Waals surface area contributed by atoms with E-state index in [1.165, 1.54) is 12.0 Å². The van der Waals surface area contributed by atoms with Gasteiger partial charge in [-0.3, -0.25) is 9.69 Å². The minimum Gasteiger partial charge on any atom is -0.469 e. The van der Waals surface area contributed by atoms with Crippen LogP contribution in [0.4, 0.5) is 4.79 Å². The highest BCUT2D eigenvalue weighted by atomic mass is 16.5. The van der Waals surface area contributed by atoms with Crippen LogP contribution in [0.25, 0.3) is 0 Å². The number of ether oxygens (including phenoxy) is 1. The second-order valence-electron chi connectivity index (χ2n) is 7.06. The number of methoxy groups -OCH3 is 1. The predicted octanol–water partition coefficient (Wildman–Crippen LogP) is 2.81. The lowest BCUT2D eigenvalue weighted by molar-refractivity contribution is -0.140. The number of carbonyl (C=O) groups is 2. The Bertz CT molecular complexity index is 454. The van der Waals surface area contributed by atoms with Gasteiger partial charge >= 0.3 is 12.1 Å². The van der Waals surface area contributed by atoms with Crippen LogP contribution in [0.1, 0.15) is 52.9 Å². The number of carboxylic acid groups (broad SMARTS) is 1. The van der Waals surface area contributed by atoms with Crippen molar-refractivity contribution in [2.75, 3.05) is 13.7 Å². The molecule has 0 spiro atoms. The average molecular weight is 327 g/mol. The Kier molecular flexibility index (Phi) is 6.62. The highest BCUT2D eigenvalue weighted by Gasteiger charge is 2.56. The maximum atomic E-state index is 11.6. The van der Waals surface area contributed by atoms with Crippen LogP contribution in [0.2, 0.25) is 0 Å². The number of rotatable bonds is 6. The van der Waals surface area contributed by atoms with Crippen molar-refractivity contribution in [3.05, 3.63) is 12.2 Å². The molecule has 0 bridgehead atoms. The zero-order chi connectivity index (χ0) is 17.7. The minimum atomic E-state index is -0.990. The first kappa shape index (κ1) is 19.5. The molecular weight excluding hydrogens is 298 g/mol.